The Bertz CT molecular complexity index is 411. The van der Waals surface area contributed by atoms with Gasteiger partial charge in [-0.2, -0.15) is 0 Å². The van der Waals surface area contributed by atoms with Crippen molar-refractivity contribution < 1.29 is 9.47 Å². The van der Waals surface area contributed by atoms with E-state index in [0.717, 1.165) is 36.0 Å². The summed E-state index contributed by atoms with van der Waals surface area (Å²) in [5.74, 6) is 2.35. The molecule has 0 radical (unpaired) electrons. The van der Waals surface area contributed by atoms with Gasteiger partial charge in [0.1, 0.15) is 5.75 Å². The number of hydrogen-bond donors (Lipinski definition) is 1. The van der Waals surface area contributed by atoms with Crippen LogP contribution in [0.2, 0.25) is 0 Å². The van der Waals surface area contributed by atoms with Crippen LogP contribution < -0.4 is 10.5 Å². The Morgan fingerprint density at radius 3 is 2.45 bits per heavy atom. The van der Waals surface area contributed by atoms with Gasteiger partial charge in [-0.25, -0.2) is 0 Å². The zero-order valence-electron chi connectivity index (χ0n) is 12.8. The molecule has 3 unspecified atom stereocenters. The van der Waals surface area contributed by atoms with Gasteiger partial charge in [0, 0.05) is 5.56 Å². The molecule has 0 amide bonds. The van der Waals surface area contributed by atoms with Crippen molar-refractivity contribution in [3.63, 3.8) is 0 Å². The smallest absolute Gasteiger partial charge is 0.123 e. The van der Waals surface area contributed by atoms with E-state index < -0.39 is 0 Å². The fraction of sp³-hybridized carbons (Fsp3) is 0.647. The summed E-state index contributed by atoms with van der Waals surface area (Å²) in [5.41, 5.74) is 7.27. The molecule has 20 heavy (non-hydrogen) atoms. The lowest BCUT2D eigenvalue weighted by molar-refractivity contribution is -0.00546. The highest BCUT2D eigenvalue weighted by Crippen LogP contribution is 2.31. The van der Waals surface area contributed by atoms with Crippen LogP contribution in [0.1, 0.15) is 44.7 Å². The Morgan fingerprint density at radius 2 is 1.80 bits per heavy atom. The molecule has 0 aliphatic heterocycles. The molecular formula is C17H27NO2. The van der Waals surface area contributed by atoms with E-state index in [4.69, 9.17) is 15.2 Å². The van der Waals surface area contributed by atoms with Gasteiger partial charge >= 0.3 is 0 Å². The summed E-state index contributed by atoms with van der Waals surface area (Å²) < 4.78 is 11.4. The minimum absolute atomic E-state index is 0.126. The molecule has 1 aromatic carbocycles. The van der Waals surface area contributed by atoms with Gasteiger partial charge in [-0.1, -0.05) is 32.0 Å². The average Bonchev–Trinajstić information content (AvgIpc) is 2.43. The summed E-state index contributed by atoms with van der Waals surface area (Å²) in [7, 11) is 1.68. The number of methoxy groups -OCH3 is 1. The number of para-hydroxylation sites is 1. The Morgan fingerprint density at radius 1 is 1.15 bits per heavy atom. The maximum atomic E-state index is 6.25. The van der Waals surface area contributed by atoms with Crippen LogP contribution in [0, 0.1) is 11.8 Å². The lowest BCUT2D eigenvalue weighted by Gasteiger charge is -2.32. The van der Waals surface area contributed by atoms with Crippen LogP contribution in [-0.2, 0) is 4.74 Å². The van der Waals surface area contributed by atoms with Crippen LogP contribution in [0.15, 0.2) is 24.3 Å². The van der Waals surface area contributed by atoms with Crippen LogP contribution in [-0.4, -0.2) is 19.8 Å². The summed E-state index contributed by atoms with van der Waals surface area (Å²) in [6.07, 6.45) is 3.99. The van der Waals surface area contributed by atoms with Crippen molar-refractivity contribution in [3.05, 3.63) is 29.8 Å². The highest BCUT2D eigenvalue weighted by atomic mass is 16.5. The molecule has 0 aromatic heterocycles. The number of rotatable bonds is 5. The van der Waals surface area contributed by atoms with E-state index in [1.807, 2.05) is 24.3 Å². The first-order valence-electron chi connectivity index (χ1n) is 7.60. The van der Waals surface area contributed by atoms with Crippen molar-refractivity contribution >= 4 is 0 Å². The summed E-state index contributed by atoms with van der Waals surface area (Å²) in [6.45, 7) is 5.18. The van der Waals surface area contributed by atoms with Crippen molar-refractivity contribution in [3.8, 4) is 5.75 Å². The molecule has 3 nitrogen and oxygen atoms in total. The molecule has 1 aliphatic rings. The Kier molecular flexibility index (Phi) is 5.44. The Hall–Kier alpha value is -1.06. The second kappa shape index (κ2) is 7.09. The molecule has 3 heteroatoms. The van der Waals surface area contributed by atoms with Gasteiger partial charge in [0.05, 0.1) is 25.9 Å². The Labute approximate surface area is 122 Å². The first-order valence-corrected chi connectivity index (χ1v) is 7.60. The molecule has 0 spiro atoms. The number of ether oxygens (including phenoxy) is 2. The lowest BCUT2D eigenvalue weighted by atomic mass is 9.82. The standard InChI is InChI=1S/C17H27NO2/c1-12-8-13(2)10-14(9-12)20-11-16(18)15-6-4-5-7-17(15)19-3/h4-7,12-14,16H,8-11,18H2,1-3H3. The fourth-order valence-electron chi connectivity index (χ4n) is 3.31. The molecule has 0 saturated heterocycles. The summed E-state index contributed by atoms with van der Waals surface area (Å²) in [6, 6.07) is 7.78. The first kappa shape index (κ1) is 15.3. The third-order valence-electron chi connectivity index (χ3n) is 4.19. The van der Waals surface area contributed by atoms with Gasteiger partial charge in [-0.15, -0.1) is 0 Å². The van der Waals surface area contributed by atoms with E-state index in [1.54, 1.807) is 7.11 Å². The van der Waals surface area contributed by atoms with Crippen LogP contribution in [0.25, 0.3) is 0 Å². The molecule has 2 rings (SSSR count). The molecule has 2 N–H and O–H groups in total. The van der Waals surface area contributed by atoms with E-state index in [1.165, 1.54) is 6.42 Å². The zero-order valence-corrected chi connectivity index (χ0v) is 12.8. The van der Waals surface area contributed by atoms with Gasteiger partial charge in [0.2, 0.25) is 0 Å². The van der Waals surface area contributed by atoms with Crippen molar-refractivity contribution in [2.75, 3.05) is 13.7 Å². The first-order chi connectivity index (χ1) is 9.60. The quantitative estimate of drug-likeness (QED) is 0.895. The second-order valence-electron chi connectivity index (χ2n) is 6.22. The van der Waals surface area contributed by atoms with Gasteiger partial charge < -0.3 is 15.2 Å². The maximum Gasteiger partial charge on any atom is 0.123 e. The van der Waals surface area contributed by atoms with Gasteiger partial charge in [0.25, 0.3) is 0 Å². The van der Waals surface area contributed by atoms with Crippen LogP contribution in [0.4, 0.5) is 0 Å². The highest BCUT2D eigenvalue weighted by molar-refractivity contribution is 5.35. The second-order valence-corrected chi connectivity index (χ2v) is 6.22. The topological polar surface area (TPSA) is 44.5 Å². The predicted molar refractivity (Wildman–Crippen MR) is 81.8 cm³/mol. The molecule has 0 bridgehead atoms. The van der Waals surface area contributed by atoms with Gasteiger partial charge in [0.15, 0.2) is 0 Å². The monoisotopic (exact) mass is 277 g/mol. The maximum absolute atomic E-state index is 6.25. The largest absolute Gasteiger partial charge is 0.496 e. The zero-order chi connectivity index (χ0) is 14.5. The molecule has 112 valence electrons. The van der Waals surface area contributed by atoms with E-state index in [0.29, 0.717) is 12.7 Å². The molecule has 1 aromatic rings. The van der Waals surface area contributed by atoms with Crippen LogP contribution >= 0.6 is 0 Å². The van der Waals surface area contributed by atoms with E-state index in [2.05, 4.69) is 13.8 Å². The molecule has 3 atom stereocenters. The minimum Gasteiger partial charge on any atom is -0.496 e. The molecule has 1 saturated carbocycles. The highest BCUT2D eigenvalue weighted by Gasteiger charge is 2.25. The third kappa shape index (κ3) is 3.97. The fourth-order valence-corrected chi connectivity index (χ4v) is 3.31. The van der Waals surface area contributed by atoms with Gasteiger partial charge in [-0.05, 0) is 37.2 Å². The lowest BCUT2D eigenvalue weighted by Crippen LogP contribution is -2.29. The Balaban J connectivity index is 1.90. The molecule has 1 aliphatic carbocycles. The van der Waals surface area contributed by atoms with Gasteiger partial charge in [-0.3, -0.25) is 0 Å². The summed E-state index contributed by atoms with van der Waals surface area (Å²) in [5, 5.41) is 0. The predicted octanol–water partition coefficient (Wildman–Crippen LogP) is 3.54. The van der Waals surface area contributed by atoms with E-state index in [-0.39, 0.29) is 6.04 Å². The number of hydrogen-bond acceptors (Lipinski definition) is 3. The van der Waals surface area contributed by atoms with Crippen molar-refractivity contribution in [2.45, 2.75) is 45.3 Å². The number of nitrogens with two attached hydrogens (primary N) is 1. The average molecular weight is 277 g/mol. The SMILES string of the molecule is COc1ccccc1C(N)COC1CC(C)CC(C)C1. The normalized spacial score (nSPS) is 28.1. The number of benzene rings is 1. The minimum atomic E-state index is -0.126. The molecular weight excluding hydrogens is 250 g/mol. The third-order valence-corrected chi connectivity index (χ3v) is 4.19. The summed E-state index contributed by atoms with van der Waals surface area (Å²) >= 11 is 0. The van der Waals surface area contributed by atoms with Crippen LogP contribution in [0.5, 0.6) is 5.75 Å². The van der Waals surface area contributed by atoms with Crippen molar-refractivity contribution in [2.24, 2.45) is 17.6 Å². The van der Waals surface area contributed by atoms with Crippen molar-refractivity contribution in [1.29, 1.82) is 0 Å². The summed E-state index contributed by atoms with van der Waals surface area (Å²) in [4.78, 5) is 0. The molecule has 1 fully saturated rings. The molecule has 0 heterocycles. The van der Waals surface area contributed by atoms with Crippen LogP contribution in [0.3, 0.4) is 0 Å². The van der Waals surface area contributed by atoms with E-state index in [9.17, 15) is 0 Å². The van der Waals surface area contributed by atoms with E-state index >= 15 is 0 Å². The van der Waals surface area contributed by atoms with Crippen molar-refractivity contribution in [1.82, 2.24) is 0 Å².